The average molecular weight is 272 g/mol. The Balaban J connectivity index is 2.52. The number of hydrogen-bond donors (Lipinski definition) is 2. The number of hydrogen-bond acceptors (Lipinski definition) is 3. The van der Waals surface area contributed by atoms with Crippen LogP contribution in [0.2, 0.25) is 0 Å². The van der Waals surface area contributed by atoms with Crippen molar-refractivity contribution in [2.75, 3.05) is 6.61 Å². The summed E-state index contributed by atoms with van der Waals surface area (Å²) in [5, 5.41) is 12.7. The van der Waals surface area contributed by atoms with Gasteiger partial charge in [-0.2, -0.15) is 0 Å². The number of carbonyl (C=O) groups excluding carboxylic acids is 1. The number of amides is 1. The molecule has 0 spiro atoms. The first-order valence-electron chi connectivity index (χ1n) is 6.84. The molecule has 4 nitrogen and oxygen atoms in total. The standard InChI is InChI=1S/C16H20N2O2/c1-10(2)15-8-13(16(20)17-11(3)9-19)12-6-4-5-7-14(12)18-15/h4-8,10-11,19H,9H2,1-3H3,(H,17,20). The van der Waals surface area contributed by atoms with Crippen LogP contribution in [0.5, 0.6) is 0 Å². The molecular weight excluding hydrogens is 252 g/mol. The summed E-state index contributed by atoms with van der Waals surface area (Å²) < 4.78 is 0. The van der Waals surface area contributed by atoms with Crippen molar-refractivity contribution in [2.24, 2.45) is 0 Å². The molecule has 20 heavy (non-hydrogen) atoms. The summed E-state index contributed by atoms with van der Waals surface area (Å²) in [5.74, 6) is 0.0773. The number of aromatic nitrogens is 1. The van der Waals surface area contributed by atoms with Gasteiger partial charge in [0.25, 0.3) is 5.91 Å². The summed E-state index contributed by atoms with van der Waals surface area (Å²) in [4.78, 5) is 16.9. The first-order chi connectivity index (χ1) is 9.52. The largest absolute Gasteiger partial charge is 0.394 e. The number of nitrogens with one attached hydrogen (secondary N) is 1. The molecule has 1 aromatic heterocycles. The molecule has 1 heterocycles. The van der Waals surface area contributed by atoms with Gasteiger partial charge >= 0.3 is 0 Å². The highest BCUT2D eigenvalue weighted by atomic mass is 16.3. The van der Waals surface area contributed by atoms with Gasteiger partial charge in [0.2, 0.25) is 0 Å². The van der Waals surface area contributed by atoms with Gasteiger partial charge in [0.15, 0.2) is 0 Å². The van der Waals surface area contributed by atoms with Crippen LogP contribution in [0.15, 0.2) is 30.3 Å². The van der Waals surface area contributed by atoms with Gasteiger partial charge in [-0.05, 0) is 25.0 Å². The summed E-state index contributed by atoms with van der Waals surface area (Å²) in [5.41, 5.74) is 2.32. The molecule has 2 N–H and O–H groups in total. The summed E-state index contributed by atoms with van der Waals surface area (Å²) in [6, 6.07) is 9.19. The number of para-hydroxylation sites is 1. The van der Waals surface area contributed by atoms with Crippen molar-refractivity contribution in [1.29, 1.82) is 0 Å². The van der Waals surface area contributed by atoms with Crippen LogP contribution in [-0.4, -0.2) is 28.6 Å². The Morgan fingerprint density at radius 3 is 2.65 bits per heavy atom. The van der Waals surface area contributed by atoms with Crippen LogP contribution in [0.1, 0.15) is 42.7 Å². The minimum Gasteiger partial charge on any atom is -0.394 e. The van der Waals surface area contributed by atoms with Crippen LogP contribution in [0.4, 0.5) is 0 Å². The lowest BCUT2D eigenvalue weighted by molar-refractivity contribution is 0.0924. The zero-order chi connectivity index (χ0) is 14.7. The van der Waals surface area contributed by atoms with Gasteiger partial charge in [0.05, 0.1) is 17.7 Å². The van der Waals surface area contributed by atoms with Gasteiger partial charge in [-0.3, -0.25) is 9.78 Å². The lowest BCUT2D eigenvalue weighted by Crippen LogP contribution is -2.35. The molecule has 0 saturated heterocycles. The molecular formula is C16H20N2O2. The molecule has 106 valence electrons. The molecule has 0 saturated carbocycles. The molecule has 0 radical (unpaired) electrons. The quantitative estimate of drug-likeness (QED) is 0.898. The molecule has 0 aliphatic carbocycles. The molecule has 1 aromatic carbocycles. The fraction of sp³-hybridized carbons (Fsp3) is 0.375. The van der Waals surface area contributed by atoms with E-state index in [2.05, 4.69) is 24.1 Å². The van der Waals surface area contributed by atoms with Crippen molar-refractivity contribution < 1.29 is 9.90 Å². The Morgan fingerprint density at radius 2 is 2.00 bits per heavy atom. The third-order valence-electron chi connectivity index (χ3n) is 3.22. The molecule has 1 unspecified atom stereocenters. The molecule has 0 fully saturated rings. The number of aliphatic hydroxyl groups is 1. The Hall–Kier alpha value is -1.94. The number of aliphatic hydroxyl groups excluding tert-OH is 1. The highest BCUT2D eigenvalue weighted by Crippen LogP contribution is 2.22. The summed E-state index contributed by atoms with van der Waals surface area (Å²) in [6.45, 7) is 5.79. The van der Waals surface area contributed by atoms with Crippen molar-refractivity contribution in [1.82, 2.24) is 10.3 Å². The van der Waals surface area contributed by atoms with E-state index in [1.54, 1.807) is 6.92 Å². The number of nitrogens with zero attached hydrogens (tertiary/aromatic N) is 1. The smallest absolute Gasteiger partial charge is 0.252 e. The number of benzene rings is 1. The van der Waals surface area contributed by atoms with Crippen molar-refractivity contribution in [2.45, 2.75) is 32.7 Å². The third kappa shape index (κ3) is 2.96. The van der Waals surface area contributed by atoms with Crippen molar-refractivity contribution >= 4 is 16.8 Å². The van der Waals surface area contributed by atoms with Crippen LogP contribution in [-0.2, 0) is 0 Å². The van der Waals surface area contributed by atoms with Crippen LogP contribution in [0.25, 0.3) is 10.9 Å². The van der Waals surface area contributed by atoms with Gasteiger partial charge in [-0.15, -0.1) is 0 Å². The molecule has 2 aromatic rings. The lowest BCUT2D eigenvalue weighted by Gasteiger charge is -2.14. The molecule has 0 bridgehead atoms. The summed E-state index contributed by atoms with van der Waals surface area (Å²) >= 11 is 0. The number of fused-ring (bicyclic) bond motifs is 1. The van der Waals surface area contributed by atoms with Crippen molar-refractivity contribution in [3.8, 4) is 0 Å². The molecule has 2 rings (SSSR count). The van der Waals surface area contributed by atoms with E-state index in [0.29, 0.717) is 5.56 Å². The van der Waals surface area contributed by atoms with E-state index in [1.165, 1.54) is 0 Å². The van der Waals surface area contributed by atoms with Gasteiger partial charge in [0, 0.05) is 17.1 Å². The number of rotatable bonds is 4. The van der Waals surface area contributed by atoms with Gasteiger partial charge in [-0.1, -0.05) is 32.0 Å². The SMILES string of the molecule is CC(CO)NC(=O)c1cc(C(C)C)nc2ccccc12. The first-order valence-corrected chi connectivity index (χ1v) is 6.84. The van der Waals surface area contributed by atoms with Crippen LogP contribution < -0.4 is 5.32 Å². The first kappa shape index (κ1) is 14.5. The van der Waals surface area contributed by atoms with Crippen LogP contribution >= 0.6 is 0 Å². The topological polar surface area (TPSA) is 62.2 Å². The van der Waals surface area contributed by atoms with Gasteiger partial charge in [-0.25, -0.2) is 0 Å². The fourth-order valence-corrected chi connectivity index (χ4v) is 2.03. The molecule has 0 aliphatic rings. The Morgan fingerprint density at radius 1 is 1.30 bits per heavy atom. The lowest BCUT2D eigenvalue weighted by atomic mass is 10.0. The van der Waals surface area contributed by atoms with E-state index in [1.807, 2.05) is 30.3 Å². The summed E-state index contributed by atoms with van der Waals surface area (Å²) in [7, 11) is 0. The molecule has 1 amide bonds. The second kappa shape index (κ2) is 6.01. The second-order valence-electron chi connectivity index (χ2n) is 5.32. The highest BCUT2D eigenvalue weighted by molar-refractivity contribution is 6.06. The maximum atomic E-state index is 12.4. The Labute approximate surface area is 118 Å². The van der Waals surface area contributed by atoms with Gasteiger partial charge < -0.3 is 10.4 Å². The summed E-state index contributed by atoms with van der Waals surface area (Å²) in [6.07, 6.45) is 0. The monoisotopic (exact) mass is 272 g/mol. The third-order valence-corrected chi connectivity index (χ3v) is 3.22. The zero-order valence-electron chi connectivity index (χ0n) is 12.1. The van der Waals surface area contributed by atoms with Crippen LogP contribution in [0, 0.1) is 0 Å². The maximum absolute atomic E-state index is 12.4. The fourth-order valence-electron chi connectivity index (χ4n) is 2.03. The van der Waals surface area contributed by atoms with Crippen molar-refractivity contribution in [3.63, 3.8) is 0 Å². The van der Waals surface area contributed by atoms with E-state index in [9.17, 15) is 4.79 Å². The Kier molecular flexibility index (Phi) is 4.35. The minimum atomic E-state index is -0.267. The van der Waals surface area contributed by atoms with E-state index in [4.69, 9.17) is 5.11 Å². The molecule has 4 heteroatoms. The van der Waals surface area contributed by atoms with E-state index >= 15 is 0 Å². The average Bonchev–Trinajstić information content (AvgIpc) is 2.45. The van der Waals surface area contributed by atoms with Gasteiger partial charge in [0.1, 0.15) is 0 Å². The van der Waals surface area contributed by atoms with Crippen LogP contribution in [0.3, 0.4) is 0 Å². The van der Waals surface area contributed by atoms with E-state index in [0.717, 1.165) is 16.6 Å². The predicted octanol–water partition coefficient (Wildman–Crippen LogP) is 2.47. The van der Waals surface area contributed by atoms with E-state index in [-0.39, 0.29) is 24.5 Å². The van der Waals surface area contributed by atoms with Crippen molar-refractivity contribution in [3.05, 3.63) is 41.6 Å². The number of carbonyl (C=O) groups is 1. The normalized spacial score (nSPS) is 12.7. The second-order valence-corrected chi connectivity index (χ2v) is 5.32. The van der Waals surface area contributed by atoms with E-state index < -0.39 is 0 Å². The number of pyridine rings is 1. The zero-order valence-corrected chi connectivity index (χ0v) is 12.1. The highest BCUT2D eigenvalue weighted by Gasteiger charge is 2.15. The predicted molar refractivity (Wildman–Crippen MR) is 79.8 cm³/mol. The Bertz CT molecular complexity index is 623. The molecule has 1 atom stereocenters. The maximum Gasteiger partial charge on any atom is 0.252 e. The molecule has 0 aliphatic heterocycles. The minimum absolute atomic E-state index is 0.0776.